The Balaban J connectivity index is 1.80. The third-order valence-electron chi connectivity index (χ3n) is 5.23. The summed E-state index contributed by atoms with van der Waals surface area (Å²) >= 11 is 0. The molecule has 0 aromatic heterocycles. The lowest BCUT2D eigenvalue weighted by Crippen LogP contribution is -2.28. The zero-order valence-electron chi connectivity index (χ0n) is 12.5. The third kappa shape index (κ3) is 1.70. The summed E-state index contributed by atoms with van der Waals surface area (Å²) in [6, 6.07) is 18.1. The topological polar surface area (TPSA) is 12.0 Å². The molecule has 0 spiro atoms. The van der Waals surface area contributed by atoms with E-state index >= 15 is 0 Å². The Morgan fingerprint density at radius 3 is 2.24 bits per heavy atom. The first-order valence-corrected chi connectivity index (χ1v) is 7.80. The summed E-state index contributed by atoms with van der Waals surface area (Å²) in [5, 5.41) is 3.42. The van der Waals surface area contributed by atoms with Crippen LogP contribution in [0.2, 0.25) is 0 Å². The fraction of sp³-hybridized carbons (Fsp3) is 0.300. The molecule has 2 aromatic carbocycles. The Morgan fingerprint density at radius 1 is 1.10 bits per heavy atom. The summed E-state index contributed by atoms with van der Waals surface area (Å²) in [4.78, 5) is 0. The van der Waals surface area contributed by atoms with E-state index in [4.69, 9.17) is 0 Å². The normalized spacial score (nSPS) is 24.5. The van der Waals surface area contributed by atoms with Gasteiger partial charge in [-0.1, -0.05) is 55.1 Å². The number of rotatable bonds is 4. The summed E-state index contributed by atoms with van der Waals surface area (Å²) in [5.74, 6) is 0.599. The minimum absolute atomic E-state index is 0.209. The van der Waals surface area contributed by atoms with Crippen molar-refractivity contribution >= 4 is 0 Å². The molecule has 2 aliphatic rings. The van der Waals surface area contributed by atoms with E-state index in [0.29, 0.717) is 5.92 Å². The Labute approximate surface area is 126 Å². The predicted octanol–water partition coefficient (Wildman–Crippen LogP) is 4.34. The molecule has 2 aromatic rings. The van der Waals surface area contributed by atoms with Gasteiger partial charge in [0.25, 0.3) is 0 Å². The molecule has 1 N–H and O–H groups in total. The number of allylic oxidation sites excluding steroid dienone is 1. The molecule has 0 aliphatic heterocycles. The number of hydrogen-bond donors (Lipinski definition) is 1. The van der Waals surface area contributed by atoms with Crippen molar-refractivity contribution < 1.29 is 0 Å². The molecule has 0 unspecified atom stereocenters. The second-order valence-electron chi connectivity index (χ2n) is 6.47. The van der Waals surface area contributed by atoms with Crippen LogP contribution in [0.15, 0.2) is 60.8 Å². The molecule has 21 heavy (non-hydrogen) atoms. The number of nitrogens with one attached hydrogen (secondary N) is 1. The maximum Gasteiger partial charge on any atom is 0.0234 e. The van der Waals surface area contributed by atoms with Crippen LogP contribution in [0.4, 0.5) is 0 Å². The minimum atomic E-state index is 0.209. The Kier molecular flexibility index (Phi) is 2.72. The van der Waals surface area contributed by atoms with Crippen molar-refractivity contribution in [3.05, 3.63) is 83.1 Å². The van der Waals surface area contributed by atoms with Crippen molar-refractivity contribution in [1.82, 2.24) is 5.32 Å². The zero-order valence-corrected chi connectivity index (χ0v) is 12.5. The smallest absolute Gasteiger partial charge is 0.0234 e. The largest absolute Gasteiger partial charge is 0.389 e. The third-order valence-corrected chi connectivity index (χ3v) is 5.23. The van der Waals surface area contributed by atoms with E-state index in [2.05, 4.69) is 60.4 Å². The highest BCUT2D eigenvalue weighted by Crippen LogP contribution is 2.61. The van der Waals surface area contributed by atoms with E-state index in [1.165, 1.54) is 6.42 Å². The second-order valence-corrected chi connectivity index (χ2v) is 6.47. The molecule has 0 heterocycles. The van der Waals surface area contributed by atoms with Crippen LogP contribution in [0, 0.1) is 0 Å². The molecule has 1 nitrogen and oxygen atoms in total. The number of benzene rings is 2. The predicted molar refractivity (Wildman–Crippen MR) is 87.6 cm³/mol. The van der Waals surface area contributed by atoms with Crippen LogP contribution in [0.25, 0.3) is 0 Å². The monoisotopic (exact) mass is 275 g/mol. The van der Waals surface area contributed by atoms with Crippen LogP contribution >= 0.6 is 0 Å². The van der Waals surface area contributed by atoms with E-state index in [9.17, 15) is 0 Å². The van der Waals surface area contributed by atoms with Gasteiger partial charge in [0.05, 0.1) is 0 Å². The molecule has 106 valence electrons. The first-order valence-electron chi connectivity index (χ1n) is 7.80. The minimum Gasteiger partial charge on any atom is -0.389 e. The summed E-state index contributed by atoms with van der Waals surface area (Å²) in [7, 11) is 0. The van der Waals surface area contributed by atoms with Gasteiger partial charge >= 0.3 is 0 Å². The molecular formula is C20H21N. The summed E-state index contributed by atoms with van der Waals surface area (Å²) in [6.07, 6.45) is 2.38. The molecule has 2 bridgehead atoms. The van der Waals surface area contributed by atoms with Gasteiger partial charge < -0.3 is 5.32 Å². The molecule has 0 saturated heterocycles. The van der Waals surface area contributed by atoms with E-state index in [-0.39, 0.29) is 5.41 Å². The number of hydrogen-bond acceptors (Lipinski definition) is 1. The molecule has 0 fully saturated rings. The molecule has 0 atom stereocenters. The van der Waals surface area contributed by atoms with E-state index in [1.54, 1.807) is 22.3 Å². The standard InChI is InChI=1S/C20H21N/c1-14(2)21-12-11-20-13-17(15-7-3-5-9-18(15)20)16-8-4-6-10-19(16)20/h3-10,17,21H,1,11-13H2,2H3. The maximum atomic E-state index is 3.96. The second kappa shape index (κ2) is 4.49. The van der Waals surface area contributed by atoms with Crippen LogP contribution < -0.4 is 5.32 Å². The van der Waals surface area contributed by atoms with Crippen LogP contribution in [-0.4, -0.2) is 6.54 Å². The summed E-state index contributed by atoms with van der Waals surface area (Å²) in [6.45, 7) is 6.98. The van der Waals surface area contributed by atoms with Gasteiger partial charge in [-0.05, 0) is 42.0 Å². The Bertz CT molecular complexity index is 666. The summed E-state index contributed by atoms with van der Waals surface area (Å²) < 4.78 is 0. The summed E-state index contributed by atoms with van der Waals surface area (Å²) in [5.41, 5.74) is 7.47. The molecule has 0 amide bonds. The average Bonchev–Trinajstić information content (AvgIpc) is 3.00. The van der Waals surface area contributed by atoms with Gasteiger partial charge in [-0.25, -0.2) is 0 Å². The maximum absolute atomic E-state index is 3.96. The van der Waals surface area contributed by atoms with Crippen LogP contribution in [-0.2, 0) is 5.41 Å². The van der Waals surface area contributed by atoms with Gasteiger partial charge in [-0.2, -0.15) is 0 Å². The highest BCUT2D eigenvalue weighted by molar-refractivity contribution is 5.62. The average molecular weight is 275 g/mol. The Hall–Kier alpha value is -2.02. The van der Waals surface area contributed by atoms with Crippen molar-refractivity contribution in [3.63, 3.8) is 0 Å². The van der Waals surface area contributed by atoms with Crippen molar-refractivity contribution in [2.45, 2.75) is 31.1 Å². The van der Waals surface area contributed by atoms with Crippen molar-refractivity contribution in [3.8, 4) is 0 Å². The molecule has 4 rings (SSSR count). The molecule has 0 saturated carbocycles. The first-order chi connectivity index (χ1) is 10.2. The molecule has 1 heteroatoms. The van der Waals surface area contributed by atoms with Gasteiger partial charge in [0, 0.05) is 23.6 Å². The highest BCUT2D eigenvalue weighted by atomic mass is 14.9. The first kappa shape index (κ1) is 12.7. The number of fused-ring (bicyclic) bond motifs is 8. The van der Waals surface area contributed by atoms with E-state index in [1.807, 2.05) is 6.92 Å². The van der Waals surface area contributed by atoms with E-state index < -0.39 is 0 Å². The lowest BCUT2D eigenvalue weighted by Gasteiger charge is -2.31. The molecule has 2 aliphatic carbocycles. The van der Waals surface area contributed by atoms with Gasteiger partial charge in [0.2, 0.25) is 0 Å². The fourth-order valence-electron chi connectivity index (χ4n) is 4.43. The van der Waals surface area contributed by atoms with Gasteiger partial charge in [-0.15, -0.1) is 0 Å². The van der Waals surface area contributed by atoms with Crippen LogP contribution in [0.5, 0.6) is 0 Å². The molecule has 0 radical (unpaired) electrons. The SMILES string of the molecule is C=C(C)NCCC12CC(c3ccccc31)c1ccccc12. The van der Waals surface area contributed by atoms with Crippen molar-refractivity contribution in [1.29, 1.82) is 0 Å². The Morgan fingerprint density at radius 2 is 1.67 bits per heavy atom. The molecular weight excluding hydrogens is 254 g/mol. The highest BCUT2D eigenvalue weighted by Gasteiger charge is 2.51. The van der Waals surface area contributed by atoms with E-state index in [0.717, 1.165) is 18.7 Å². The lowest BCUT2D eigenvalue weighted by atomic mass is 9.73. The lowest BCUT2D eigenvalue weighted by molar-refractivity contribution is 0.477. The quantitative estimate of drug-likeness (QED) is 0.875. The van der Waals surface area contributed by atoms with Gasteiger partial charge in [0.15, 0.2) is 0 Å². The van der Waals surface area contributed by atoms with Crippen LogP contribution in [0.1, 0.15) is 47.9 Å². The fourth-order valence-corrected chi connectivity index (χ4v) is 4.43. The van der Waals surface area contributed by atoms with Crippen molar-refractivity contribution in [2.75, 3.05) is 6.54 Å². The van der Waals surface area contributed by atoms with Gasteiger partial charge in [-0.3, -0.25) is 0 Å². The van der Waals surface area contributed by atoms with Crippen molar-refractivity contribution in [2.24, 2.45) is 0 Å². The van der Waals surface area contributed by atoms with Gasteiger partial charge in [0.1, 0.15) is 0 Å². The van der Waals surface area contributed by atoms with Crippen LogP contribution in [0.3, 0.4) is 0 Å². The zero-order chi connectivity index (χ0) is 14.4.